The van der Waals surface area contributed by atoms with Crippen molar-refractivity contribution in [1.82, 2.24) is 0 Å². The fraction of sp³-hybridized carbons (Fsp3) is 0.0462. The van der Waals surface area contributed by atoms with Crippen LogP contribution in [-0.4, -0.2) is 0 Å². The van der Waals surface area contributed by atoms with Gasteiger partial charge in [-0.15, -0.1) is 11.3 Å². The van der Waals surface area contributed by atoms with E-state index in [0.29, 0.717) is 0 Å². The Kier molecular flexibility index (Phi) is 8.80. The molecule has 13 aromatic rings. The molecule has 0 unspecified atom stereocenters. The fourth-order valence-corrected chi connectivity index (χ4v) is 12.7. The predicted molar refractivity (Wildman–Crippen MR) is 294 cm³/mol. The van der Waals surface area contributed by atoms with E-state index in [2.05, 4.69) is 248 Å². The van der Waals surface area contributed by atoms with Gasteiger partial charge in [0.05, 0.1) is 11.4 Å². The third kappa shape index (κ3) is 6.05. The summed E-state index contributed by atoms with van der Waals surface area (Å²) in [5.41, 5.74) is 15.9. The van der Waals surface area contributed by atoms with Gasteiger partial charge in [-0.05, 0) is 111 Å². The van der Waals surface area contributed by atoms with Gasteiger partial charge in [0, 0.05) is 70.1 Å². The van der Waals surface area contributed by atoms with E-state index in [4.69, 9.17) is 4.42 Å². The number of furan rings is 1. The predicted octanol–water partition coefficient (Wildman–Crippen LogP) is 19.2. The van der Waals surface area contributed by atoms with Crippen molar-refractivity contribution in [3.63, 3.8) is 0 Å². The molecule has 0 saturated heterocycles. The van der Waals surface area contributed by atoms with Crippen molar-refractivity contribution in [2.75, 3.05) is 9.80 Å². The molecule has 1 aliphatic carbocycles. The first-order valence-corrected chi connectivity index (χ1v) is 24.6. The highest BCUT2D eigenvalue weighted by molar-refractivity contribution is 7.27. The van der Waals surface area contributed by atoms with Gasteiger partial charge in [0.1, 0.15) is 5.58 Å². The van der Waals surface area contributed by atoms with E-state index in [0.717, 1.165) is 67.2 Å². The first-order chi connectivity index (χ1) is 34.0. The van der Waals surface area contributed by atoms with Crippen molar-refractivity contribution in [3.8, 4) is 22.3 Å². The second kappa shape index (κ2) is 15.3. The molecule has 0 aliphatic heterocycles. The first kappa shape index (κ1) is 39.7. The molecule has 0 saturated carbocycles. The van der Waals surface area contributed by atoms with Crippen molar-refractivity contribution in [2.24, 2.45) is 0 Å². The highest BCUT2D eigenvalue weighted by atomic mass is 32.1. The second-order valence-electron chi connectivity index (χ2n) is 18.8. The maximum Gasteiger partial charge on any atom is 0.159 e. The molecule has 0 N–H and O–H groups in total. The van der Waals surface area contributed by atoms with E-state index >= 15 is 0 Å². The van der Waals surface area contributed by atoms with Gasteiger partial charge in [0.2, 0.25) is 0 Å². The molecule has 0 spiro atoms. The van der Waals surface area contributed by atoms with E-state index in [1.54, 1.807) is 0 Å². The maximum absolute atomic E-state index is 6.77. The summed E-state index contributed by atoms with van der Waals surface area (Å²) >= 11 is 1.89. The van der Waals surface area contributed by atoms with Crippen molar-refractivity contribution < 1.29 is 4.42 Å². The van der Waals surface area contributed by atoms with Crippen molar-refractivity contribution >= 4 is 109 Å². The van der Waals surface area contributed by atoms with Gasteiger partial charge >= 0.3 is 0 Å². The summed E-state index contributed by atoms with van der Waals surface area (Å²) < 4.78 is 9.29. The van der Waals surface area contributed by atoms with E-state index in [-0.39, 0.29) is 5.41 Å². The molecule has 4 heteroatoms. The average Bonchev–Trinajstić information content (AvgIpc) is 4.05. The molecule has 0 radical (unpaired) electrons. The normalized spacial score (nSPS) is 12.9. The molecule has 0 fully saturated rings. The molecule has 69 heavy (non-hydrogen) atoms. The Bertz CT molecular complexity index is 4180. The molecule has 0 bridgehead atoms. The van der Waals surface area contributed by atoms with Crippen LogP contribution in [0.4, 0.5) is 34.1 Å². The quantitative estimate of drug-likeness (QED) is 0.149. The Morgan fingerprint density at radius 1 is 0.377 bits per heavy atom. The monoisotopic (exact) mass is 900 g/mol. The van der Waals surface area contributed by atoms with Crippen LogP contribution in [0.25, 0.3) is 85.9 Å². The van der Waals surface area contributed by atoms with E-state index in [1.807, 2.05) is 17.4 Å². The van der Waals surface area contributed by atoms with E-state index in [9.17, 15) is 0 Å². The summed E-state index contributed by atoms with van der Waals surface area (Å²) in [6.07, 6.45) is 0. The number of hydrogen-bond donors (Lipinski definition) is 0. The van der Waals surface area contributed by atoms with Gasteiger partial charge in [-0.1, -0.05) is 178 Å². The summed E-state index contributed by atoms with van der Waals surface area (Å²) in [7, 11) is 0. The summed E-state index contributed by atoms with van der Waals surface area (Å²) in [4.78, 5) is 4.83. The number of benzene rings is 11. The number of nitrogens with zero attached hydrogens (tertiary/aromatic N) is 2. The van der Waals surface area contributed by atoms with Gasteiger partial charge in [0.15, 0.2) is 5.58 Å². The largest absolute Gasteiger partial charge is 0.454 e. The standard InChI is InChI=1S/C65H44N2OS/c1-65(2)56-28-14-11-24-48(56)49-35-32-44(39-57(49)65)66(42-20-7-4-8-21-42)43-33-36-53-55(38-43)47-23-9-10-26-51(47)62-54-37-34-45(40-61(54)69-64(53)62)67(58-29-15-12-22-46(58)41-18-5-3-6-19-41)59-30-17-27-52-50-25-13-16-31-60(50)68-63(52)59/h3-40H,1-2H3. The Morgan fingerprint density at radius 2 is 0.986 bits per heavy atom. The maximum atomic E-state index is 6.77. The van der Waals surface area contributed by atoms with Crippen LogP contribution in [-0.2, 0) is 5.41 Å². The van der Waals surface area contributed by atoms with Crippen molar-refractivity contribution in [1.29, 1.82) is 0 Å². The average molecular weight is 901 g/mol. The summed E-state index contributed by atoms with van der Waals surface area (Å²) in [6.45, 7) is 4.72. The highest BCUT2D eigenvalue weighted by Gasteiger charge is 2.36. The zero-order valence-electron chi connectivity index (χ0n) is 38.2. The molecule has 1 aliphatic rings. The van der Waals surface area contributed by atoms with E-state index in [1.165, 1.54) is 64.0 Å². The number of hydrogen-bond acceptors (Lipinski definition) is 4. The third-order valence-electron chi connectivity index (χ3n) is 14.6. The second-order valence-corrected chi connectivity index (χ2v) is 19.9. The highest BCUT2D eigenvalue weighted by Crippen LogP contribution is 2.53. The molecule has 2 aromatic heterocycles. The number of anilines is 6. The molecule has 0 atom stereocenters. The smallest absolute Gasteiger partial charge is 0.159 e. The van der Waals surface area contributed by atoms with Gasteiger partial charge < -0.3 is 14.2 Å². The first-order valence-electron chi connectivity index (χ1n) is 23.7. The summed E-state index contributed by atoms with van der Waals surface area (Å²) in [5.74, 6) is 0. The Balaban J connectivity index is 0.968. The molecule has 14 rings (SSSR count). The summed E-state index contributed by atoms with van der Waals surface area (Å²) in [6, 6.07) is 84.2. The molecule has 0 amide bonds. The van der Waals surface area contributed by atoms with Crippen LogP contribution >= 0.6 is 11.3 Å². The van der Waals surface area contributed by atoms with Crippen LogP contribution in [0.15, 0.2) is 235 Å². The zero-order valence-corrected chi connectivity index (χ0v) is 39.0. The fourth-order valence-electron chi connectivity index (χ4n) is 11.4. The molecule has 2 heterocycles. The number of fused-ring (bicyclic) bond motifs is 14. The van der Waals surface area contributed by atoms with Crippen LogP contribution in [0.2, 0.25) is 0 Å². The number of rotatable bonds is 7. The molecule has 3 nitrogen and oxygen atoms in total. The number of para-hydroxylation sites is 4. The number of thiophene rings is 1. The minimum absolute atomic E-state index is 0.112. The van der Waals surface area contributed by atoms with Crippen LogP contribution in [0, 0.1) is 0 Å². The van der Waals surface area contributed by atoms with Gasteiger partial charge in [-0.2, -0.15) is 0 Å². The van der Waals surface area contributed by atoms with Crippen molar-refractivity contribution in [2.45, 2.75) is 19.3 Å². The lowest BCUT2D eigenvalue weighted by atomic mass is 9.82. The molecule has 11 aromatic carbocycles. The lowest BCUT2D eigenvalue weighted by Gasteiger charge is -2.28. The SMILES string of the molecule is CC1(C)c2ccccc2-c2ccc(N(c3ccccc3)c3ccc4c(c3)c3ccccc3c3c5ccc(N(c6ccccc6-c6ccccc6)c6cccc7c6oc6ccccc67)cc5sc43)cc21. The topological polar surface area (TPSA) is 19.6 Å². The molecule has 326 valence electrons. The van der Waals surface area contributed by atoms with Crippen LogP contribution in [0.5, 0.6) is 0 Å². The zero-order chi connectivity index (χ0) is 45.8. The van der Waals surface area contributed by atoms with Crippen LogP contribution in [0.1, 0.15) is 25.0 Å². The van der Waals surface area contributed by atoms with Crippen molar-refractivity contribution in [3.05, 3.63) is 242 Å². The van der Waals surface area contributed by atoms with Gasteiger partial charge in [-0.3, -0.25) is 0 Å². The Morgan fingerprint density at radius 3 is 1.83 bits per heavy atom. The summed E-state index contributed by atoms with van der Waals surface area (Å²) in [5, 5.41) is 9.78. The minimum Gasteiger partial charge on any atom is -0.454 e. The van der Waals surface area contributed by atoms with Crippen LogP contribution in [0.3, 0.4) is 0 Å². The lowest BCUT2D eigenvalue weighted by Crippen LogP contribution is -2.16. The minimum atomic E-state index is -0.112. The Labute approximate surface area is 404 Å². The Hall–Kier alpha value is -8.44. The van der Waals surface area contributed by atoms with Gasteiger partial charge in [0.25, 0.3) is 0 Å². The lowest BCUT2D eigenvalue weighted by molar-refractivity contribution is 0.660. The van der Waals surface area contributed by atoms with Crippen LogP contribution < -0.4 is 9.80 Å². The molecular formula is C65H44N2OS. The molecular weight excluding hydrogens is 857 g/mol. The van der Waals surface area contributed by atoms with E-state index < -0.39 is 0 Å². The van der Waals surface area contributed by atoms with Gasteiger partial charge in [-0.25, -0.2) is 0 Å². The third-order valence-corrected chi connectivity index (χ3v) is 15.8.